The number of carbonyl (C=O) groups excluding carboxylic acids is 1. The molecule has 1 amide bonds. The molecule has 0 aliphatic carbocycles. The van der Waals surface area contributed by atoms with Gasteiger partial charge in [0, 0.05) is 6.42 Å². The SMILES string of the molecule is CCCCCCCCCCCCCC=CC(O)C(COP(=O)(O)O)NC(=O)CCCCCCCCCCCCCCCCCCCCCCC. The molecule has 298 valence electrons. The number of hydrogen-bond donors (Lipinski definition) is 4. The molecule has 2 atom stereocenters. The van der Waals surface area contributed by atoms with E-state index in [2.05, 4.69) is 23.7 Å². The van der Waals surface area contributed by atoms with Crippen LogP contribution >= 0.6 is 7.82 Å². The molecule has 2 unspecified atom stereocenters. The lowest BCUT2D eigenvalue weighted by Crippen LogP contribution is -2.45. The Kier molecular flexibility index (Phi) is 37.5. The average molecular weight is 730 g/mol. The number of nitrogens with one attached hydrogen (secondary N) is 1. The van der Waals surface area contributed by atoms with Crippen molar-refractivity contribution < 1.29 is 28.8 Å². The number of aliphatic hydroxyl groups excluding tert-OH is 1. The normalized spacial score (nSPS) is 13.3. The van der Waals surface area contributed by atoms with Crippen molar-refractivity contribution >= 4 is 13.7 Å². The predicted octanol–water partition coefficient (Wildman–Crippen LogP) is 12.8. The van der Waals surface area contributed by atoms with E-state index in [-0.39, 0.29) is 5.91 Å². The second-order valence-electron chi connectivity index (χ2n) is 15.0. The third-order valence-electron chi connectivity index (χ3n) is 10.00. The van der Waals surface area contributed by atoms with Crippen molar-refractivity contribution in [3.8, 4) is 0 Å². The van der Waals surface area contributed by atoms with Crippen molar-refractivity contribution in [2.75, 3.05) is 6.61 Å². The third-order valence-corrected chi connectivity index (χ3v) is 10.5. The summed E-state index contributed by atoms with van der Waals surface area (Å²) in [5.74, 6) is -0.222. The van der Waals surface area contributed by atoms with E-state index in [1.54, 1.807) is 6.08 Å². The van der Waals surface area contributed by atoms with Gasteiger partial charge in [-0.25, -0.2) is 4.57 Å². The van der Waals surface area contributed by atoms with Crippen LogP contribution in [0.4, 0.5) is 0 Å². The minimum Gasteiger partial charge on any atom is -0.387 e. The summed E-state index contributed by atoms with van der Waals surface area (Å²) in [4.78, 5) is 30.9. The molecule has 0 saturated heterocycles. The summed E-state index contributed by atoms with van der Waals surface area (Å²) in [6.45, 7) is 4.08. The first-order valence-corrected chi connectivity index (χ1v) is 23.2. The Morgan fingerprint density at radius 3 is 1.22 bits per heavy atom. The average Bonchev–Trinajstić information content (AvgIpc) is 3.08. The van der Waals surface area contributed by atoms with Gasteiger partial charge in [0.15, 0.2) is 0 Å². The van der Waals surface area contributed by atoms with Crippen molar-refractivity contribution in [3.05, 3.63) is 12.2 Å². The van der Waals surface area contributed by atoms with E-state index in [9.17, 15) is 14.5 Å². The van der Waals surface area contributed by atoms with Gasteiger partial charge in [-0.1, -0.05) is 219 Å². The standard InChI is InChI=1S/C42H84NO6P/c1-3-5-7-9-11-13-15-17-18-19-20-21-22-23-24-26-28-30-32-34-36-38-42(45)43-40(39-49-50(46,47)48)41(44)37-35-33-31-29-27-25-16-14-12-10-8-6-4-2/h35,37,40-41,44H,3-34,36,38-39H2,1-2H3,(H,43,45)(H2,46,47,48). The largest absolute Gasteiger partial charge is 0.469 e. The highest BCUT2D eigenvalue weighted by molar-refractivity contribution is 7.46. The summed E-state index contributed by atoms with van der Waals surface area (Å²) in [5, 5.41) is 13.4. The first-order valence-electron chi connectivity index (χ1n) is 21.6. The van der Waals surface area contributed by atoms with Crippen LogP contribution in [0.3, 0.4) is 0 Å². The van der Waals surface area contributed by atoms with E-state index in [0.29, 0.717) is 6.42 Å². The molecule has 0 bridgehead atoms. The van der Waals surface area contributed by atoms with Crippen LogP contribution < -0.4 is 5.32 Å². The molecule has 0 rings (SSSR count). The molecule has 0 aliphatic rings. The zero-order chi connectivity index (χ0) is 36.8. The van der Waals surface area contributed by atoms with E-state index in [0.717, 1.165) is 38.5 Å². The minimum absolute atomic E-state index is 0.222. The molecule has 0 fully saturated rings. The number of phosphoric ester groups is 1. The Balaban J connectivity index is 3.87. The smallest absolute Gasteiger partial charge is 0.387 e. The maximum Gasteiger partial charge on any atom is 0.469 e. The number of aliphatic hydroxyl groups is 1. The molecule has 0 spiro atoms. The van der Waals surface area contributed by atoms with Gasteiger partial charge in [0.25, 0.3) is 0 Å². The van der Waals surface area contributed by atoms with Crippen LogP contribution in [0.5, 0.6) is 0 Å². The minimum atomic E-state index is -4.71. The van der Waals surface area contributed by atoms with Gasteiger partial charge in [-0.2, -0.15) is 0 Å². The Labute approximate surface area is 310 Å². The van der Waals surface area contributed by atoms with Gasteiger partial charge in [0.05, 0.1) is 18.8 Å². The molecule has 0 saturated carbocycles. The van der Waals surface area contributed by atoms with Gasteiger partial charge in [0.1, 0.15) is 0 Å². The number of carbonyl (C=O) groups is 1. The maximum atomic E-state index is 12.6. The molecule has 4 N–H and O–H groups in total. The number of phosphoric acid groups is 1. The van der Waals surface area contributed by atoms with E-state index in [1.807, 2.05) is 6.08 Å². The van der Waals surface area contributed by atoms with E-state index < -0.39 is 26.6 Å². The molecule has 0 aliphatic heterocycles. The van der Waals surface area contributed by atoms with Crippen LogP contribution in [-0.2, 0) is 13.9 Å². The summed E-state index contributed by atoms with van der Waals surface area (Å²) in [7, 11) is -4.71. The summed E-state index contributed by atoms with van der Waals surface area (Å²) in [5.41, 5.74) is 0. The summed E-state index contributed by atoms with van der Waals surface area (Å²) in [6.07, 6.45) is 45.2. The third kappa shape index (κ3) is 38.5. The van der Waals surface area contributed by atoms with Crippen molar-refractivity contribution in [3.63, 3.8) is 0 Å². The fourth-order valence-electron chi connectivity index (χ4n) is 6.70. The van der Waals surface area contributed by atoms with Gasteiger partial charge in [0.2, 0.25) is 5.91 Å². The van der Waals surface area contributed by atoms with Crippen LogP contribution in [0.15, 0.2) is 12.2 Å². The van der Waals surface area contributed by atoms with Crippen LogP contribution in [0.2, 0.25) is 0 Å². The Hall–Kier alpha value is -0.720. The molecule has 7 nitrogen and oxygen atoms in total. The summed E-state index contributed by atoms with van der Waals surface area (Å²) >= 11 is 0. The van der Waals surface area contributed by atoms with Crippen LogP contribution in [0.1, 0.15) is 232 Å². The van der Waals surface area contributed by atoms with Crippen LogP contribution in [0.25, 0.3) is 0 Å². The zero-order valence-corrected chi connectivity index (χ0v) is 34.0. The lowest BCUT2D eigenvalue weighted by atomic mass is 10.0. The zero-order valence-electron chi connectivity index (χ0n) is 33.1. The molecule has 0 aromatic heterocycles. The topological polar surface area (TPSA) is 116 Å². The van der Waals surface area contributed by atoms with Gasteiger partial charge < -0.3 is 20.2 Å². The maximum absolute atomic E-state index is 12.6. The molecule has 0 aromatic carbocycles. The van der Waals surface area contributed by atoms with Crippen LogP contribution in [0, 0.1) is 0 Å². The Bertz CT molecular complexity index is 788. The van der Waals surface area contributed by atoms with Gasteiger partial charge in [-0.3, -0.25) is 9.32 Å². The van der Waals surface area contributed by atoms with E-state index in [1.165, 1.54) is 173 Å². The first kappa shape index (κ1) is 49.3. The highest BCUT2D eigenvalue weighted by Gasteiger charge is 2.24. The number of rotatable bonds is 40. The van der Waals surface area contributed by atoms with Gasteiger partial charge in [-0.15, -0.1) is 0 Å². The lowest BCUT2D eigenvalue weighted by molar-refractivity contribution is -0.123. The first-order chi connectivity index (χ1) is 24.3. The number of amides is 1. The quantitative estimate of drug-likeness (QED) is 0.0283. The Morgan fingerprint density at radius 2 is 0.880 bits per heavy atom. The Morgan fingerprint density at radius 1 is 0.560 bits per heavy atom. The molecule has 8 heteroatoms. The second kappa shape index (κ2) is 38.0. The predicted molar refractivity (Wildman–Crippen MR) is 213 cm³/mol. The van der Waals surface area contributed by atoms with E-state index >= 15 is 0 Å². The van der Waals surface area contributed by atoms with Crippen molar-refractivity contribution in [2.45, 2.75) is 244 Å². The van der Waals surface area contributed by atoms with E-state index in [4.69, 9.17) is 9.79 Å². The van der Waals surface area contributed by atoms with Crippen molar-refractivity contribution in [1.29, 1.82) is 0 Å². The van der Waals surface area contributed by atoms with Gasteiger partial charge >= 0.3 is 7.82 Å². The highest BCUT2D eigenvalue weighted by Crippen LogP contribution is 2.35. The van der Waals surface area contributed by atoms with Crippen molar-refractivity contribution in [2.24, 2.45) is 0 Å². The van der Waals surface area contributed by atoms with Crippen LogP contribution in [-0.4, -0.2) is 39.6 Å². The number of hydrogen-bond acceptors (Lipinski definition) is 4. The number of unbranched alkanes of at least 4 members (excludes halogenated alkanes) is 31. The second-order valence-corrected chi connectivity index (χ2v) is 16.3. The van der Waals surface area contributed by atoms with Crippen molar-refractivity contribution in [1.82, 2.24) is 5.32 Å². The fourth-order valence-corrected chi connectivity index (χ4v) is 7.05. The fraction of sp³-hybridized carbons (Fsp3) is 0.929. The molecule has 50 heavy (non-hydrogen) atoms. The summed E-state index contributed by atoms with van der Waals surface area (Å²) in [6, 6.07) is -0.904. The monoisotopic (exact) mass is 730 g/mol. The molecular weight excluding hydrogens is 645 g/mol. The lowest BCUT2D eigenvalue weighted by Gasteiger charge is -2.22. The molecule has 0 radical (unpaired) electrons. The molecule has 0 heterocycles. The van der Waals surface area contributed by atoms with Gasteiger partial charge in [-0.05, 0) is 19.3 Å². The molecule has 0 aromatic rings. The number of allylic oxidation sites excluding steroid dienone is 1. The highest BCUT2D eigenvalue weighted by atomic mass is 31.2. The summed E-state index contributed by atoms with van der Waals surface area (Å²) < 4.78 is 15.9. The molecular formula is C42H84NO6P.